The van der Waals surface area contributed by atoms with Gasteiger partial charge < -0.3 is 15.4 Å². The minimum atomic E-state index is -0.731. The lowest BCUT2D eigenvalue weighted by Gasteiger charge is -2.18. The van der Waals surface area contributed by atoms with E-state index in [1.165, 1.54) is 0 Å². The molecule has 110 valence electrons. The molecule has 0 saturated carbocycles. The first kappa shape index (κ1) is 13.7. The first-order valence-corrected chi connectivity index (χ1v) is 7.17. The first-order chi connectivity index (χ1) is 10.1. The zero-order chi connectivity index (χ0) is 15.0. The van der Waals surface area contributed by atoms with E-state index in [4.69, 9.17) is 4.74 Å². The molecule has 0 radical (unpaired) electrons. The van der Waals surface area contributed by atoms with Crippen LogP contribution in [0, 0.1) is 6.92 Å². The summed E-state index contributed by atoms with van der Waals surface area (Å²) in [6, 6.07) is 5.18. The summed E-state index contributed by atoms with van der Waals surface area (Å²) in [7, 11) is 0. The van der Waals surface area contributed by atoms with Crippen molar-refractivity contribution in [3.63, 3.8) is 0 Å². The molecular formula is C16H18N2O3. The van der Waals surface area contributed by atoms with Gasteiger partial charge in [-0.1, -0.05) is 6.07 Å². The van der Waals surface area contributed by atoms with Crippen LogP contribution in [0.3, 0.4) is 0 Å². The van der Waals surface area contributed by atoms with Crippen LogP contribution in [0.2, 0.25) is 0 Å². The van der Waals surface area contributed by atoms with Crippen LogP contribution in [-0.4, -0.2) is 24.4 Å². The van der Waals surface area contributed by atoms with Gasteiger partial charge >= 0.3 is 5.97 Å². The number of ether oxygens (including phenoxy) is 1. The van der Waals surface area contributed by atoms with Gasteiger partial charge in [-0.25, -0.2) is 4.79 Å². The Morgan fingerprint density at radius 1 is 1.33 bits per heavy atom. The van der Waals surface area contributed by atoms with Gasteiger partial charge in [-0.2, -0.15) is 0 Å². The van der Waals surface area contributed by atoms with Crippen LogP contribution in [0.15, 0.2) is 29.5 Å². The molecule has 0 aromatic heterocycles. The van der Waals surface area contributed by atoms with E-state index in [2.05, 4.69) is 10.6 Å². The molecule has 5 heteroatoms. The van der Waals surface area contributed by atoms with Crippen molar-refractivity contribution in [3.8, 4) is 0 Å². The lowest BCUT2D eigenvalue weighted by atomic mass is 10.0. The number of carbonyl (C=O) groups excluding carboxylic acids is 2. The highest BCUT2D eigenvalue weighted by molar-refractivity contribution is 6.07. The molecule has 1 atom stereocenters. The van der Waals surface area contributed by atoms with Gasteiger partial charge in [-0.05, 0) is 38.0 Å². The average molecular weight is 286 g/mol. The van der Waals surface area contributed by atoms with Crippen LogP contribution < -0.4 is 10.6 Å². The number of Topliss-reactive ketones (excluding diaryl/α,β-unsaturated/α-hetero) is 1. The Morgan fingerprint density at radius 2 is 2.14 bits per heavy atom. The fourth-order valence-electron chi connectivity index (χ4n) is 2.82. The molecule has 3 rings (SSSR count). The zero-order valence-corrected chi connectivity index (χ0v) is 12.2. The normalized spacial score (nSPS) is 20.1. The fraction of sp³-hybridized carbons (Fsp3) is 0.375. The second-order valence-corrected chi connectivity index (χ2v) is 5.32. The topological polar surface area (TPSA) is 67.4 Å². The van der Waals surface area contributed by atoms with Gasteiger partial charge in [0, 0.05) is 17.7 Å². The zero-order valence-electron chi connectivity index (χ0n) is 12.2. The molecule has 21 heavy (non-hydrogen) atoms. The van der Waals surface area contributed by atoms with Crippen LogP contribution in [0.25, 0.3) is 0 Å². The molecule has 1 aliphatic carbocycles. The number of carbonyl (C=O) groups is 2. The Balaban J connectivity index is 2.05. The molecular weight excluding hydrogens is 268 g/mol. The first-order valence-electron chi connectivity index (χ1n) is 7.17. The van der Waals surface area contributed by atoms with Crippen molar-refractivity contribution in [2.24, 2.45) is 0 Å². The highest BCUT2D eigenvalue weighted by Crippen LogP contribution is 2.36. The molecule has 2 N–H and O–H groups in total. The predicted octanol–water partition coefficient (Wildman–Crippen LogP) is 2.38. The molecule has 2 aliphatic rings. The van der Waals surface area contributed by atoms with E-state index >= 15 is 0 Å². The van der Waals surface area contributed by atoms with Gasteiger partial charge in [0.2, 0.25) is 0 Å². The number of aryl methyl sites for hydroxylation is 1. The molecule has 1 aromatic rings. The summed E-state index contributed by atoms with van der Waals surface area (Å²) in [4.78, 5) is 24.4. The quantitative estimate of drug-likeness (QED) is 0.817. The van der Waals surface area contributed by atoms with Crippen LogP contribution in [0.4, 0.5) is 11.4 Å². The van der Waals surface area contributed by atoms with Crippen molar-refractivity contribution in [2.45, 2.75) is 32.7 Å². The van der Waals surface area contributed by atoms with Crippen LogP contribution >= 0.6 is 0 Å². The molecule has 1 aliphatic heterocycles. The number of nitrogens with one attached hydrogen (secondary N) is 2. The van der Waals surface area contributed by atoms with E-state index in [0.717, 1.165) is 22.6 Å². The van der Waals surface area contributed by atoms with Gasteiger partial charge in [0.25, 0.3) is 0 Å². The summed E-state index contributed by atoms with van der Waals surface area (Å²) >= 11 is 0. The smallest absolute Gasteiger partial charge is 0.333 e. The van der Waals surface area contributed by atoms with Gasteiger partial charge in [0.1, 0.15) is 0 Å². The van der Waals surface area contributed by atoms with Gasteiger partial charge in [-0.15, -0.1) is 0 Å². The van der Waals surface area contributed by atoms with E-state index in [-0.39, 0.29) is 5.78 Å². The Kier molecular flexibility index (Phi) is 3.41. The summed E-state index contributed by atoms with van der Waals surface area (Å²) < 4.78 is 5.12. The van der Waals surface area contributed by atoms with Crippen molar-refractivity contribution in [2.75, 3.05) is 17.2 Å². The van der Waals surface area contributed by atoms with Crippen molar-refractivity contribution in [1.29, 1.82) is 0 Å². The Hall–Kier alpha value is -2.30. The van der Waals surface area contributed by atoms with Crippen molar-refractivity contribution in [3.05, 3.63) is 35.0 Å². The molecule has 0 bridgehead atoms. The van der Waals surface area contributed by atoms with Crippen molar-refractivity contribution in [1.82, 2.24) is 0 Å². The Bertz CT molecular complexity index is 649. The molecule has 0 saturated heterocycles. The number of rotatable bonds is 2. The fourth-order valence-corrected chi connectivity index (χ4v) is 2.82. The monoisotopic (exact) mass is 286 g/mol. The Labute approximate surface area is 123 Å². The maximum atomic E-state index is 12.2. The summed E-state index contributed by atoms with van der Waals surface area (Å²) in [6.07, 6.45) is 1.08. The summed E-state index contributed by atoms with van der Waals surface area (Å²) in [5.41, 5.74) is 4.12. The molecule has 1 heterocycles. The van der Waals surface area contributed by atoms with Crippen LogP contribution in [0.5, 0.6) is 0 Å². The van der Waals surface area contributed by atoms with Crippen molar-refractivity contribution < 1.29 is 14.3 Å². The summed E-state index contributed by atoms with van der Waals surface area (Å²) in [5.74, 6) is -0.399. The average Bonchev–Trinajstić information content (AvgIpc) is 2.71. The predicted molar refractivity (Wildman–Crippen MR) is 80.1 cm³/mol. The van der Waals surface area contributed by atoms with Gasteiger partial charge in [0.05, 0.1) is 18.0 Å². The van der Waals surface area contributed by atoms with E-state index in [0.29, 0.717) is 25.0 Å². The van der Waals surface area contributed by atoms with E-state index in [1.807, 2.05) is 25.1 Å². The molecule has 0 amide bonds. The number of esters is 1. The molecule has 5 nitrogen and oxygen atoms in total. The highest BCUT2D eigenvalue weighted by Gasteiger charge is 2.37. The number of hydrogen-bond acceptors (Lipinski definition) is 5. The summed E-state index contributed by atoms with van der Waals surface area (Å²) in [6.45, 7) is 4.04. The van der Waals surface area contributed by atoms with E-state index in [9.17, 15) is 9.59 Å². The third kappa shape index (κ3) is 2.39. The number of anilines is 2. The second kappa shape index (κ2) is 5.24. The maximum Gasteiger partial charge on any atom is 0.333 e. The minimum absolute atomic E-state index is 0.00702. The van der Waals surface area contributed by atoms with Gasteiger partial charge in [0.15, 0.2) is 11.8 Å². The molecule has 1 aromatic carbocycles. The summed E-state index contributed by atoms with van der Waals surface area (Å²) in [5, 5.41) is 6.47. The number of fused-ring (bicyclic) bond motifs is 1. The van der Waals surface area contributed by atoms with Crippen LogP contribution in [0.1, 0.15) is 25.3 Å². The Morgan fingerprint density at radius 3 is 2.90 bits per heavy atom. The second-order valence-electron chi connectivity index (χ2n) is 5.32. The third-order valence-corrected chi connectivity index (χ3v) is 3.80. The number of benzene rings is 1. The SMILES string of the molecule is CCOC(=O)[C@H]1Nc2cc(C)ccc2NC2=C1C(=O)CC2. The molecule has 0 fully saturated rings. The van der Waals surface area contributed by atoms with Gasteiger partial charge in [-0.3, -0.25) is 4.79 Å². The minimum Gasteiger partial charge on any atom is -0.464 e. The number of hydrogen-bond donors (Lipinski definition) is 2. The lowest BCUT2D eigenvalue weighted by Crippen LogP contribution is -2.35. The standard InChI is InChI=1S/C16H18N2O3/c1-3-21-16(20)15-14-11(6-7-13(14)19)17-10-5-4-9(2)8-12(10)18-15/h4-5,8,15,17-18H,3,6-7H2,1-2H3/t15-/m0/s1. The van der Waals surface area contributed by atoms with E-state index < -0.39 is 12.0 Å². The lowest BCUT2D eigenvalue weighted by molar-refractivity contribution is -0.143. The third-order valence-electron chi connectivity index (χ3n) is 3.80. The number of ketones is 1. The number of allylic oxidation sites excluding steroid dienone is 1. The van der Waals surface area contributed by atoms with Crippen molar-refractivity contribution >= 4 is 23.1 Å². The molecule has 0 spiro atoms. The van der Waals surface area contributed by atoms with Crippen LogP contribution in [-0.2, 0) is 14.3 Å². The highest BCUT2D eigenvalue weighted by atomic mass is 16.5. The largest absolute Gasteiger partial charge is 0.464 e. The molecule has 0 unspecified atom stereocenters. The van der Waals surface area contributed by atoms with E-state index in [1.54, 1.807) is 6.92 Å². The maximum absolute atomic E-state index is 12.2.